The van der Waals surface area contributed by atoms with E-state index in [2.05, 4.69) is 15.9 Å². The Labute approximate surface area is 108 Å². The van der Waals surface area contributed by atoms with Gasteiger partial charge in [-0.25, -0.2) is 4.39 Å². The Morgan fingerprint density at radius 1 is 1.59 bits per heavy atom. The first kappa shape index (κ1) is 12.5. The Bertz CT molecular complexity index is 412. The fraction of sp³-hybridized carbons (Fsp3) is 0.417. The third-order valence-electron chi connectivity index (χ3n) is 2.95. The molecule has 1 amide bonds. The molecule has 1 unspecified atom stereocenters. The number of carbonyl (C=O) groups is 1. The van der Waals surface area contributed by atoms with Gasteiger partial charge in [0.2, 0.25) is 0 Å². The highest BCUT2D eigenvalue weighted by atomic mass is 79.9. The molecule has 0 spiro atoms. The number of amides is 1. The first-order valence-corrected chi connectivity index (χ1v) is 6.19. The van der Waals surface area contributed by atoms with Crippen LogP contribution in [0.25, 0.3) is 0 Å². The van der Waals surface area contributed by atoms with E-state index >= 15 is 0 Å². The van der Waals surface area contributed by atoms with Crippen LogP contribution in [0.5, 0.6) is 0 Å². The van der Waals surface area contributed by atoms with Crippen LogP contribution in [0.4, 0.5) is 4.39 Å². The van der Waals surface area contributed by atoms with Gasteiger partial charge in [-0.05, 0) is 34.5 Å². The highest BCUT2D eigenvalue weighted by molar-refractivity contribution is 9.10. The van der Waals surface area contributed by atoms with Crippen molar-refractivity contribution in [3.05, 3.63) is 34.1 Å². The number of rotatable bonds is 2. The molecule has 1 aliphatic rings. The molecule has 0 aliphatic carbocycles. The van der Waals surface area contributed by atoms with Crippen LogP contribution < -0.4 is 0 Å². The standard InChI is InChI=1S/C12H13BrFNO2/c1-15(8-5-6-17-7-8)12(16)11-9(13)3-2-4-10(11)14/h2-4,8H,5-7H2,1H3. The summed E-state index contributed by atoms with van der Waals surface area (Å²) in [4.78, 5) is 13.7. The molecule has 1 fully saturated rings. The molecule has 2 rings (SSSR count). The predicted octanol–water partition coefficient (Wildman–Crippen LogP) is 2.45. The largest absolute Gasteiger partial charge is 0.379 e. The molecular weight excluding hydrogens is 289 g/mol. The molecule has 5 heteroatoms. The van der Waals surface area contributed by atoms with Crippen LogP contribution in [0.1, 0.15) is 16.8 Å². The van der Waals surface area contributed by atoms with E-state index in [4.69, 9.17) is 4.74 Å². The number of hydrogen-bond acceptors (Lipinski definition) is 2. The van der Waals surface area contributed by atoms with Crippen LogP contribution >= 0.6 is 15.9 Å². The van der Waals surface area contributed by atoms with Crippen molar-refractivity contribution in [1.29, 1.82) is 0 Å². The molecule has 1 aliphatic heterocycles. The second-order valence-electron chi connectivity index (χ2n) is 4.03. The SMILES string of the molecule is CN(C(=O)c1c(F)cccc1Br)C1CCOC1. The van der Waals surface area contributed by atoms with Crippen molar-refractivity contribution in [2.45, 2.75) is 12.5 Å². The predicted molar refractivity (Wildman–Crippen MR) is 65.4 cm³/mol. The third-order valence-corrected chi connectivity index (χ3v) is 3.61. The summed E-state index contributed by atoms with van der Waals surface area (Å²) in [7, 11) is 1.68. The smallest absolute Gasteiger partial charge is 0.258 e. The molecule has 1 aromatic rings. The molecule has 1 heterocycles. The fourth-order valence-corrected chi connectivity index (χ4v) is 2.38. The Kier molecular flexibility index (Phi) is 3.79. The van der Waals surface area contributed by atoms with Crippen LogP contribution in [-0.4, -0.2) is 37.1 Å². The zero-order valence-electron chi connectivity index (χ0n) is 9.45. The van der Waals surface area contributed by atoms with Gasteiger partial charge in [0.25, 0.3) is 5.91 Å². The topological polar surface area (TPSA) is 29.5 Å². The average molecular weight is 302 g/mol. The van der Waals surface area contributed by atoms with Gasteiger partial charge in [-0.15, -0.1) is 0 Å². The summed E-state index contributed by atoms with van der Waals surface area (Å²) in [5, 5.41) is 0. The van der Waals surface area contributed by atoms with Crippen LogP contribution in [0, 0.1) is 5.82 Å². The summed E-state index contributed by atoms with van der Waals surface area (Å²) in [5.41, 5.74) is 0.0851. The summed E-state index contributed by atoms with van der Waals surface area (Å²) in [6, 6.07) is 4.55. The number of hydrogen-bond donors (Lipinski definition) is 0. The van der Waals surface area contributed by atoms with E-state index in [1.165, 1.54) is 6.07 Å². The van der Waals surface area contributed by atoms with Gasteiger partial charge < -0.3 is 9.64 Å². The second kappa shape index (κ2) is 5.14. The number of benzene rings is 1. The van der Waals surface area contributed by atoms with Gasteiger partial charge in [0.05, 0.1) is 18.2 Å². The maximum absolute atomic E-state index is 13.6. The summed E-state index contributed by atoms with van der Waals surface area (Å²) in [5.74, 6) is -0.819. The maximum Gasteiger partial charge on any atom is 0.258 e. The lowest BCUT2D eigenvalue weighted by Crippen LogP contribution is -2.37. The Hall–Kier alpha value is -0.940. The van der Waals surface area contributed by atoms with Crippen molar-refractivity contribution in [3.63, 3.8) is 0 Å². The van der Waals surface area contributed by atoms with Crippen LogP contribution in [0.2, 0.25) is 0 Å². The quantitative estimate of drug-likeness (QED) is 0.840. The zero-order valence-corrected chi connectivity index (χ0v) is 11.0. The number of nitrogens with zero attached hydrogens (tertiary/aromatic N) is 1. The van der Waals surface area contributed by atoms with Gasteiger partial charge in [-0.3, -0.25) is 4.79 Å². The lowest BCUT2D eigenvalue weighted by atomic mass is 10.1. The average Bonchev–Trinajstić information content (AvgIpc) is 2.81. The normalized spacial score (nSPS) is 19.4. The van der Waals surface area contributed by atoms with Gasteiger partial charge in [0.15, 0.2) is 0 Å². The fourth-order valence-electron chi connectivity index (χ4n) is 1.87. The Morgan fingerprint density at radius 2 is 2.35 bits per heavy atom. The first-order chi connectivity index (χ1) is 8.11. The molecule has 1 atom stereocenters. The maximum atomic E-state index is 13.6. The highest BCUT2D eigenvalue weighted by Gasteiger charge is 2.27. The van der Waals surface area contributed by atoms with E-state index in [9.17, 15) is 9.18 Å². The van der Waals surface area contributed by atoms with Gasteiger partial charge in [-0.2, -0.15) is 0 Å². The molecular formula is C12H13BrFNO2. The van der Waals surface area contributed by atoms with E-state index in [-0.39, 0.29) is 17.5 Å². The molecule has 1 saturated heterocycles. The first-order valence-electron chi connectivity index (χ1n) is 5.40. The van der Waals surface area contributed by atoms with Gasteiger partial charge in [0.1, 0.15) is 5.82 Å². The van der Waals surface area contributed by atoms with Crippen molar-refractivity contribution in [3.8, 4) is 0 Å². The van der Waals surface area contributed by atoms with E-state index in [0.717, 1.165) is 6.42 Å². The molecule has 17 heavy (non-hydrogen) atoms. The lowest BCUT2D eigenvalue weighted by molar-refractivity contribution is 0.0705. The van der Waals surface area contributed by atoms with Crippen LogP contribution in [-0.2, 0) is 4.74 Å². The minimum atomic E-state index is -0.504. The number of ether oxygens (including phenoxy) is 1. The van der Waals surface area contributed by atoms with Crippen LogP contribution in [0.15, 0.2) is 22.7 Å². The van der Waals surface area contributed by atoms with Crippen LogP contribution in [0.3, 0.4) is 0 Å². The van der Waals surface area contributed by atoms with E-state index < -0.39 is 5.82 Å². The van der Waals surface area contributed by atoms with Crippen molar-refractivity contribution >= 4 is 21.8 Å². The minimum Gasteiger partial charge on any atom is -0.379 e. The van der Waals surface area contributed by atoms with E-state index in [0.29, 0.717) is 17.7 Å². The lowest BCUT2D eigenvalue weighted by Gasteiger charge is -2.23. The molecule has 1 aromatic carbocycles. The third kappa shape index (κ3) is 2.50. The minimum absolute atomic E-state index is 0.0361. The second-order valence-corrected chi connectivity index (χ2v) is 4.88. The number of likely N-dealkylation sites (N-methyl/N-ethyl adjacent to an activating group) is 1. The molecule has 92 valence electrons. The van der Waals surface area contributed by atoms with Crippen molar-refractivity contribution < 1.29 is 13.9 Å². The van der Waals surface area contributed by atoms with E-state index in [1.807, 2.05) is 0 Å². The molecule has 0 bridgehead atoms. The van der Waals surface area contributed by atoms with Crippen molar-refractivity contribution in [2.75, 3.05) is 20.3 Å². The monoisotopic (exact) mass is 301 g/mol. The number of carbonyl (C=O) groups excluding carboxylic acids is 1. The van der Waals surface area contributed by atoms with Gasteiger partial charge in [0, 0.05) is 18.1 Å². The summed E-state index contributed by atoms with van der Waals surface area (Å²) >= 11 is 3.21. The summed E-state index contributed by atoms with van der Waals surface area (Å²) in [6.45, 7) is 1.18. The Morgan fingerprint density at radius 3 is 2.94 bits per heavy atom. The van der Waals surface area contributed by atoms with E-state index in [1.54, 1.807) is 24.1 Å². The number of halogens is 2. The molecule has 0 saturated carbocycles. The molecule has 0 radical (unpaired) electrons. The van der Waals surface area contributed by atoms with Crippen molar-refractivity contribution in [1.82, 2.24) is 4.90 Å². The Balaban J connectivity index is 2.24. The summed E-state index contributed by atoms with van der Waals surface area (Å²) in [6.07, 6.45) is 0.800. The zero-order chi connectivity index (χ0) is 12.4. The summed E-state index contributed by atoms with van der Waals surface area (Å²) < 4.78 is 19.3. The van der Waals surface area contributed by atoms with Crippen molar-refractivity contribution in [2.24, 2.45) is 0 Å². The van der Waals surface area contributed by atoms with Gasteiger partial charge >= 0.3 is 0 Å². The van der Waals surface area contributed by atoms with Gasteiger partial charge in [-0.1, -0.05) is 6.07 Å². The molecule has 0 aromatic heterocycles. The molecule has 0 N–H and O–H groups in total. The molecule has 3 nitrogen and oxygen atoms in total. The highest BCUT2D eigenvalue weighted by Crippen LogP contribution is 2.23.